The number of benzene rings is 1. The van der Waals surface area contributed by atoms with Crippen LogP contribution in [0.25, 0.3) is 16.3 Å². The van der Waals surface area contributed by atoms with E-state index in [1.165, 1.54) is 28.7 Å². The Labute approximate surface area is 158 Å². The minimum absolute atomic E-state index is 0.0392. The number of thioether (sulfide) groups is 1. The summed E-state index contributed by atoms with van der Waals surface area (Å²) in [6.45, 7) is 3.97. The lowest BCUT2D eigenvalue weighted by Crippen LogP contribution is -2.14. The second-order valence-corrected chi connectivity index (χ2v) is 7.88. The largest absolute Gasteiger partial charge is 0.305 e. The molecule has 4 aromatic rings. The lowest BCUT2D eigenvalue weighted by molar-refractivity contribution is 0.793. The van der Waals surface area contributed by atoms with Gasteiger partial charge in [-0.15, -0.1) is 21.5 Å². The third kappa shape index (κ3) is 3.06. The summed E-state index contributed by atoms with van der Waals surface area (Å²) in [5.74, 6) is 1.40. The van der Waals surface area contributed by atoms with E-state index in [0.29, 0.717) is 5.75 Å². The van der Waals surface area contributed by atoms with Crippen molar-refractivity contribution in [2.75, 3.05) is 0 Å². The second-order valence-electron chi connectivity index (χ2n) is 6.10. The Hall–Kier alpha value is -2.45. The van der Waals surface area contributed by atoms with Gasteiger partial charge in [0.25, 0.3) is 5.56 Å². The molecule has 132 valence electrons. The second kappa shape index (κ2) is 6.69. The van der Waals surface area contributed by atoms with E-state index in [2.05, 4.69) is 34.2 Å². The van der Waals surface area contributed by atoms with Crippen molar-refractivity contribution in [1.29, 1.82) is 0 Å². The van der Waals surface area contributed by atoms with Crippen LogP contribution in [0.3, 0.4) is 0 Å². The standard InChI is InChI=1S/C18H17N5OS2/c1-11-4-6-13(7-5-11)16-20-21-18(22(16)3)26-10-14-8-15(24)23-12(2)9-25-17(23)19-14/h4-9H,10H2,1-3H3. The van der Waals surface area contributed by atoms with Gasteiger partial charge in [-0.05, 0) is 13.8 Å². The van der Waals surface area contributed by atoms with Gasteiger partial charge in [-0.2, -0.15) is 0 Å². The zero-order valence-corrected chi connectivity index (χ0v) is 16.3. The zero-order chi connectivity index (χ0) is 18.3. The summed E-state index contributed by atoms with van der Waals surface area (Å²) in [4.78, 5) is 17.6. The fraction of sp³-hybridized carbons (Fsp3) is 0.222. The molecule has 0 aliphatic carbocycles. The number of aryl methyl sites for hydroxylation is 2. The number of hydrogen-bond donors (Lipinski definition) is 0. The summed E-state index contributed by atoms with van der Waals surface area (Å²) in [6, 6.07) is 9.81. The molecule has 0 saturated heterocycles. The molecule has 6 nitrogen and oxygen atoms in total. The first-order valence-corrected chi connectivity index (χ1v) is 9.95. The summed E-state index contributed by atoms with van der Waals surface area (Å²) in [7, 11) is 1.95. The van der Waals surface area contributed by atoms with Crippen LogP contribution < -0.4 is 5.56 Å². The van der Waals surface area contributed by atoms with Crippen LogP contribution in [-0.4, -0.2) is 24.1 Å². The zero-order valence-electron chi connectivity index (χ0n) is 14.6. The topological polar surface area (TPSA) is 65.1 Å². The number of fused-ring (bicyclic) bond motifs is 1. The van der Waals surface area contributed by atoms with Crippen molar-refractivity contribution in [3.05, 3.63) is 63.0 Å². The van der Waals surface area contributed by atoms with Crippen molar-refractivity contribution in [3.63, 3.8) is 0 Å². The van der Waals surface area contributed by atoms with Crippen LogP contribution >= 0.6 is 23.1 Å². The van der Waals surface area contributed by atoms with Gasteiger partial charge in [-0.1, -0.05) is 41.6 Å². The smallest absolute Gasteiger partial charge is 0.258 e. The molecule has 0 radical (unpaired) electrons. The van der Waals surface area contributed by atoms with Gasteiger partial charge in [0.05, 0.1) is 5.69 Å². The van der Waals surface area contributed by atoms with Gasteiger partial charge in [0.2, 0.25) is 0 Å². The molecule has 0 aliphatic heterocycles. The molecule has 1 aromatic carbocycles. The predicted octanol–water partition coefficient (Wildman–Crippen LogP) is 3.46. The average molecular weight is 384 g/mol. The Balaban J connectivity index is 1.57. The molecule has 3 heterocycles. The molecule has 0 atom stereocenters. The van der Waals surface area contributed by atoms with Crippen LogP contribution in [0.1, 0.15) is 17.0 Å². The minimum Gasteiger partial charge on any atom is -0.305 e. The van der Waals surface area contributed by atoms with E-state index in [-0.39, 0.29) is 5.56 Å². The summed E-state index contributed by atoms with van der Waals surface area (Å²) < 4.78 is 3.60. The van der Waals surface area contributed by atoms with Crippen LogP contribution in [0.5, 0.6) is 0 Å². The van der Waals surface area contributed by atoms with Crippen molar-refractivity contribution in [2.24, 2.45) is 7.05 Å². The van der Waals surface area contributed by atoms with Crippen molar-refractivity contribution in [3.8, 4) is 11.4 Å². The van der Waals surface area contributed by atoms with E-state index in [1.54, 1.807) is 10.5 Å². The molecule has 0 spiro atoms. The quantitative estimate of drug-likeness (QED) is 0.505. The number of aromatic nitrogens is 5. The molecule has 0 aliphatic rings. The minimum atomic E-state index is -0.0392. The summed E-state index contributed by atoms with van der Waals surface area (Å²) in [5, 5.41) is 11.3. The van der Waals surface area contributed by atoms with Crippen LogP contribution in [0, 0.1) is 13.8 Å². The lowest BCUT2D eigenvalue weighted by Gasteiger charge is -2.04. The van der Waals surface area contributed by atoms with E-state index in [9.17, 15) is 4.79 Å². The maximum atomic E-state index is 12.3. The monoisotopic (exact) mass is 383 g/mol. The Morgan fingerprint density at radius 3 is 2.69 bits per heavy atom. The molecule has 0 fully saturated rings. The fourth-order valence-electron chi connectivity index (χ4n) is 2.71. The van der Waals surface area contributed by atoms with E-state index >= 15 is 0 Å². The maximum absolute atomic E-state index is 12.3. The first-order valence-electron chi connectivity index (χ1n) is 8.09. The number of nitrogens with zero attached hydrogens (tertiary/aromatic N) is 5. The van der Waals surface area contributed by atoms with Gasteiger partial charge in [0.1, 0.15) is 0 Å². The highest BCUT2D eigenvalue weighted by molar-refractivity contribution is 7.98. The van der Waals surface area contributed by atoms with Gasteiger partial charge in [-0.25, -0.2) is 4.98 Å². The summed E-state index contributed by atoms with van der Waals surface area (Å²) in [5.41, 5.74) is 3.87. The van der Waals surface area contributed by atoms with E-state index in [0.717, 1.165) is 32.9 Å². The van der Waals surface area contributed by atoms with E-state index in [4.69, 9.17) is 0 Å². The highest BCUT2D eigenvalue weighted by atomic mass is 32.2. The van der Waals surface area contributed by atoms with Gasteiger partial charge in [-0.3, -0.25) is 9.20 Å². The molecule has 26 heavy (non-hydrogen) atoms. The van der Waals surface area contributed by atoms with Crippen molar-refractivity contribution >= 4 is 28.1 Å². The molecule has 3 aromatic heterocycles. The third-order valence-electron chi connectivity index (χ3n) is 4.12. The Morgan fingerprint density at radius 2 is 1.92 bits per heavy atom. The first-order chi connectivity index (χ1) is 12.5. The van der Waals surface area contributed by atoms with Crippen LogP contribution in [-0.2, 0) is 12.8 Å². The molecular formula is C18H17N5OS2. The normalized spacial score (nSPS) is 11.3. The Morgan fingerprint density at radius 1 is 1.15 bits per heavy atom. The summed E-state index contributed by atoms with van der Waals surface area (Å²) in [6.07, 6.45) is 0. The fourth-order valence-corrected chi connectivity index (χ4v) is 4.40. The summed E-state index contributed by atoms with van der Waals surface area (Å²) >= 11 is 3.01. The number of thiazole rings is 1. The van der Waals surface area contributed by atoms with Crippen LogP contribution in [0.4, 0.5) is 0 Å². The van der Waals surface area contributed by atoms with Crippen molar-refractivity contribution < 1.29 is 0 Å². The third-order valence-corrected chi connectivity index (χ3v) is 6.12. The Bertz CT molecular complexity index is 1140. The molecule has 8 heteroatoms. The Kier molecular flexibility index (Phi) is 4.37. The van der Waals surface area contributed by atoms with Gasteiger partial charge < -0.3 is 4.57 Å². The van der Waals surface area contributed by atoms with E-state index in [1.807, 2.05) is 36.1 Å². The molecular weight excluding hydrogens is 366 g/mol. The van der Waals surface area contributed by atoms with Crippen LogP contribution in [0.2, 0.25) is 0 Å². The van der Waals surface area contributed by atoms with E-state index < -0.39 is 0 Å². The number of rotatable bonds is 4. The van der Waals surface area contributed by atoms with Crippen molar-refractivity contribution in [1.82, 2.24) is 24.1 Å². The van der Waals surface area contributed by atoms with Crippen molar-refractivity contribution in [2.45, 2.75) is 24.8 Å². The average Bonchev–Trinajstić information content (AvgIpc) is 3.17. The first kappa shape index (κ1) is 17.0. The number of hydrogen-bond acceptors (Lipinski definition) is 6. The molecule has 0 saturated carbocycles. The molecule has 0 N–H and O–H groups in total. The highest BCUT2D eigenvalue weighted by Crippen LogP contribution is 2.25. The highest BCUT2D eigenvalue weighted by Gasteiger charge is 2.13. The molecule has 0 unspecified atom stereocenters. The molecule has 0 amide bonds. The SMILES string of the molecule is Cc1ccc(-c2nnc(SCc3cc(=O)n4c(C)csc4n3)n2C)cc1. The molecule has 0 bridgehead atoms. The van der Waals surface area contributed by atoms with Gasteiger partial charge >= 0.3 is 0 Å². The molecule has 4 rings (SSSR count). The maximum Gasteiger partial charge on any atom is 0.258 e. The lowest BCUT2D eigenvalue weighted by atomic mass is 10.1. The van der Waals surface area contributed by atoms with Gasteiger partial charge in [0.15, 0.2) is 15.9 Å². The van der Waals surface area contributed by atoms with Crippen LogP contribution in [0.15, 0.2) is 45.7 Å². The van der Waals surface area contributed by atoms with Gasteiger partial charge in [0, 0.05) is 35.5 Å². The predicted molar refractivity (Wildman–Crippen MR) is 105 cm³/mol.